The molecule has 0 radical (unpaired) electrons. The lowest BCUT2D eigenvalue weighted by Gasteiger charge is -2.26. The number of halogens is 2. The lowest BCUT2D eigenvalue weighted by atomic mass is 9.93. The third-order valence-electron chi connectivity index (χ3n) is 3.52. The summed E-state index contributed by atoms with van der Waals surface area (Å²) < 4.78 is 31.9. The molecule has 0 bridgehead atoms. The molecule has 4 nitrogen and oxygen atoms in total. The van der Waals surface area contributed by atoms with Gasteiger partial charge in [-0.15, -0.1) is 0 Å². The Morgan fingerprint density at radius 3 is 2.68 bits per heavy atom. The van der Waals surface area contributed by atoms with Crippen molar-refractivity contribution in [1.29, 1.82) is 0 Å². The predicted molar refractivity (Wildman–Crippen MR) is 77.4 cm³/mol. The highest BCUT2D eigenvalue weighted by Gasteiger charge is 2.40. The summed E-state index contributed by atoms with van der Waals surface area (Å²) in [5.74, 6) is -1.35. The summed E-state index contributed by atoms with van der Waals surface area (Å²) in [7, 11) is 0. The average molecular weight is 313 g/mol. The maximum atomic E-state index is 13.7. The van der Waals surface area contributed by atoms with E-state index in [1.165, 1.54) is 11.0 Å². The zero-order valence-electron chi connectivity index (χ0n) is 13.0. The Balaban J connectivity index is 2.02. The summed E-state index contributed by atoms with van der Waals surface area (Å²) >= 11 is 0. The third-order valence-corrected chi connectivity index (χ3v) is 3.52. The van der Waals surface area contributed by atoms with E-state index in [2.05, 4.69) is 0 Å². The fraction of sp³-hybridized carbons (Fsp3) is 0.562. The van der Waals surface area contributed by atoms with Gasteiger partial charge in [-0.25, -0.2) is 13.6 Å². The van der Waals surface area contributed by atoms with Gasteiger partial charge in [0.25, 0.3) is 0 Å². The van der Waals surface area contributed by atoms with Crippen LogP contribution in [-0.4, -0.2) is 40.4 Å². The molecule has 1 atom stereocenters. The molecule has 6 heteroatoms. The molecule has 0 aliphatic carbocycles. The predicted octanol–water partition coefficient (Wildman–Crippen LogP) is 2.88. The van der Waals surface area contributed by atoms with Gasteiger partial charge in [0.2, 0.25) is 0 Å². The van der Waals surface area contributed by atoms with Crippen molar-refractivity contribution in [3.63, 3.8) is 0 Å². The molecule has 1 heterocycles. The highest BCUT2D eigenvalue weighted by Crippen LogP contribution is 2.28. The van der Waals surface area contributed by atoms with E-state index < -0.39 is 28.9 Å². The van der Waals surface area contributed by atoms with Gasteiger partial charge < -0.3 is 14.7 Å². The fourth-order valence-corrected chi connectivity index (χ4v) is 2.50. The lowest BCUT2D eigenvalue weighted by molar-refractivity contribution is 0.0151. The van der Waals surface area contributed by atoms with E-state index in [1.807, 2.05) is 0 Å². The van der Waals surface area contributed by atoms with Crippen LogP contribution >= 0.6 is 0 Å². The van der Waals surface area contributed by atoms with Gasteiger partial charge >= 0.3 is 6.09 Å². The number of β-amino-alcohol motifs (C(OH)–C–C–N with tert-alkyl or cyclic N) is 1. The monoisotopic (exact) mass is 313 g/mol. The Morgan fingerprint density at radius 2 is 2.09 bits per heavy atom. The number of nitrogens with zero attached hydrogens (tertiary/aromatic N) is 1. The van der Waals surface area contributed by atoms with Crippen LogP contribution in [0.15, 0.2) is 18.2 Å². The molecule has 2 rings (SSSR count). The minimum atomic E-state index is -1.23. The van der Waals surface area contributed by atoms with Crippen molar-refractivity contribution in [2.45, 2.75) is 44.8 Å². The van der Waals surface area contributed by atoms with E-state index in [9.17, 15) is 18.7 Å². The molecule has 0 spiro atoms. The number of benzene rings is 1. The molecule has 122 valence electrons. The van der Waals surface area contributed by atoms with Gasteiger partial charge in [-0.2, -0.15) is 0 Å². The second kappa shape index (κ2) is 5.83. The van der Waals surface area contributed by atoms with E-state index in [0.717, 1.165) is 12.1 Å². The third kappa shape index (κ3) is 4.16. The summed E-state index contributed by atoms with van der Waals surface area (Å²) in [6, 6.07) is 3.26. The second-order valence-electron chi connectivity index (χ2n) is 6.79. The van der Waals surface area contributed by atoms with Gasteiger partial charge in [0.05, 0.1) is 12.1 Å². The Morgan fingerprint density at radius 1 is 1.41 bits per heavy atom. The van der Waals surface area contributed by atoms with E-state index in [4.69, 9.17) is 4.74 Å². The Kier molecular flexibility index (Phi) is 4.42. The largest absolute Gasteiger partial charge is 0.444 e. The van der Waals surface area contributed by atoms with E-state index in [0.29, 0.717) is 13.0 Å². The molecule has 1 N–H and O–H groups in total. The molecule has 1 aliphatic rings. The zero-order valence-corrected chi connectivity index (χ0v) is 13.0. The first-order chi connectivity index (χ1) is 10.1. The van der Waals surface area contributed by atoms with Gasteiger partial charge in [0, 0.05) is 19.0 Å². The first kappa shape index (κ1) is 16.7. The van der Waals surface area contributed by atoms with Crippen LogP contribution in [-0.2, 0) is 11.2 Å². The van der Waals surface area contributed by atoms with E-state index in [1.54, 1.807) is 20.8 Å². The molecular weight excluding hydrogens is 292 g/mol. The van der Waals surface area contributed by atoms with Gasteiger partial charge in [-0.3, -0.25) is 0 Å². The van der Waals surface area contributed by atoms with Crippen LogP contribution in [0.5, 0.6) is 0 Å². The molecule has 22 heavy (non-hydrogen) atoms. The molecule has 1 saturated heterocycles. The number of amides is 1. The highest BCUT2D eigenvalue weighted by atomic mass is 19.1. The molecule has 1 aliphatic heterocycles. The number of rotatable bonds is 2. The molecule has 0 saturated carbocycles. The minimum Gasteiger partial charge on any atom is -0.444 e. The first-order valence-corrected chi connectivity index (χ1v) is 7.22. The highest BCUT2D eigenvalue weighted by molar-refractivity contribution is 5.68. The Labute approximate surface area is 128 Å². The van der Waals surface area contributed by atoms with Crippen LogP contribution in [0.25, 0.3) is 0 Å². The van der Waals surface area contributed by atoms with Crippen LogP contribution in [0.3, 0.4) is 0 Å². The van der Waals surface area contributed by atoms with Crippen molar-refractivity contribution in [3.8, 4) is 0 Å². The summed E-state index contributed by atoms with van der Waals surface area (Å²) in [5, 5.41) is 10.5. The second-order valence-corrected chi connectivity index (χ2v) is 6.79. The Hall–Kier alpha value is -1.69. The number of likely N-dealkylation sites (tertiary alicyclic amines) is 1. The number of hydrogen-bond acceptors (Lipinski definition) is 3. The van der Waals surface area contributed by atoms with Crippen molar-refractivity contribution in [2.75, 3.05) is 13.1 Å². The standard InChI is InChI=1S/C16H21F2NO3/c1-15(2,3)22-14(20)19-7-6-16(21,10-19)9-11-4-5-12(17)8-13(11)18/h4-5,8,21H,6-7,9-10H2,1-3H3. The summed E-state index contributed by atoms with van der Waals surface area (Å²) in [6.45, 7) is 5.70. The normalized spacial score (nSPS) is 22.0. The smallest absolute Gasteiger partial charge is 0.410 e. The topological polar surface area (TPSA) is 49.8 Å². The maximum absolute atomic E-state index is 13.7. The molecule has 1 aromatic rings. The molecule has 1 amide bonds. The zero-order chi connectivity index (χ0) is 16.5. The number of ether oxygens (including phenoxy) is 1. The lowest BCUT2D eigenvalue weighted by Crippen LogP contribution is -2.40. The van der Waals surface area contributed by atoms with Gasteiger partial charge in [-0.05, 0) is 38.8 Å². The quantitative estimate of drug-likeness (QED) is 0.913. The molecular formula is C16H21F2NO3. The number of carbonyl (C=O) groups is 1. The van der Waals surface area contributed by atoms with Crippen molar-refractivity contribution >= 4 is 6.09 Å². The van der Waals surface area contributed by atoms with Crippen LogP contribution in [0, 0.1) is 11.6 Å². The molecule has 1 fully saturated rings. The maximum Gasteiger partial charge on any atom is 0.410 e. The van der Waals surface area contributed by atoms with Crippen LogP contribution < -0.4 is 0 Å². The van der Waals surface area contributed by atoms with Gasteiger partial charge in [-0.1, -0.05) is 6.07 Å². The molecule has 1 aromatic carbocycles. The van der Waals surface area contributed by atoms with Gasteiger partial charge in [0.15, 0.2) is 0 Å². The van der Waals surface area contributed by atoms with Gasteiger partial charge in [0.1, 0.15) is 17.2 Å². The fourth-order valence-electron chi connectivity index (χ4n) is 2.50. The van der Waals surface area contributed by atoms with Crippen LogP contribution in [0.4, 0.5) is 13.6 Å². The number of hydrogen-bond donors (Lipinski definition) is 1. The van der Waals surface area contributed by atoms with E-state index >= 15 is 0 Å². The van der Waals surface area contributed by atoms with Crippen LogP contribution in [0.1, 0.15) is 32.8 Å². The number of aliphatic hydroxyl groups is 1. The van der Waals surface area contributed by atoms with Crippen molar-refractivity contribution in [3.05, 3.63) is 35.4 Å². The average Bonchev–Trinajstić information content (AvgIpc) is 2.74. The van der Waals surface area contributed by atoms with Crippen LogP contribution in [0.2, 0.25) is 0 Å². The first-order valence-electron chi connectivity index (χ1n) is 7.22. The number of carbonyl (C=O) groups excluding carboxylic acids is 1. The summed E-state index contributed by atoms with van der Waals surface area (Å²) in [5.41, 5.74) is -1.61. The molecule has 1 unspecified atom stereocenters. The van der Waals surface area contributed by atoms with Crippen molar-refractivity contribution in [1.82, 2.24) is 4.90 Å². The van der Waals surface area contributed by atoms with E-state index in [-0.39, 0.29) is 18.5 Å². The Bertz CT molecular complexity index is 571. The van der Waals surface area contributed by atoms with Crippen molar-refractivity contribution in [2.24, 2.45) is 0 Å². The summed E-state index contributed by atoms with van der Waals surface area (Å²) in [6.07, 6.45) is -0.149. The summed E-state index contributed by atoms with van der Waals surface area (Å²) in [4.78, 5) is 13.4. The van der Waals surface area contributed by atoms with Crippen molar-refractivity contribution < 1.29 is 23.4 Å². The molecule has 0 aromatic heterocycles. The minimum absolute atomic E-state index is 0.0262. The SMILES string of the molecule is CC(C)(C)OC(=O)N1CCC(O)(Cc2ccc(F)cc2F)C1.